The lowest BCUT2D eigenvalue weighted by Gasteiger charge is -2.33. The normalized spacial score (nSPS) is 13.6. The molecule has 0 aliphatic rings. The molecule has 0 spiro atoms. The molecule has 3 rings (SSSR count). The van der Waals surface area contributed by atoms with Crippen molar-refractivity contribution in [2.45, 2.75) is 51.7 Å². The number of hydrogen-bond donors (Lipinski definition) is 0. The number of aromatic nitrogens is 3. The highest BCUT2D eigenvalue weighted by Crippen LogP contribution is 2.32. The van der Waals surface area contributed by atoms with E-state index < -0.39 is 9.04 Å². The van der Waals surface area contributed by atoms with Gasteiger partial charge in [-0.3, -0.25) is 14.8 Å². The van der Waals surface area contributed by atoms with E-state index in [2.05, 4.69) is 55.7 Å². The Balaban J connectivity index is 2.00. The number of carbonyl (C=O) groups excluding carboxylic acids is 1. The molecule has 3 aromatic heterocycles. The van der Waals surface area contributed by atoms with E-state index in [1.807, 2.05) is 12.3 Å². The fourth-order valence-corrected chi connectivity index (χ4v) is 4.39. The first-order valence-corrected chi connectivity index (χ1v) is 12.3. The van der Waals surface area contributed by atoms with Crippen molar-refractivity contribution in [3.63, 3.8) is 0 Å². The third kappa shape index (κ3) is 4.60. The maximum atomic E-state index is 13.2. The van der Waals surface area contributed by atoms with Crippen LogP contribution in [-0.4, -0.2) is 36.0 Å². The van der Waals surface area contributed by atoms with Gasteiger partial charge in [-0.1, -0.05) is 32.4 Å². The first-order valence-electron chi connectivity index (χ1n) is 9.74. The zero-order valence-electron chi connectivity index (χ0n) is 17.9. The summed E-state index contributed by atoms with van der Waals surface area (Å²) < 4.78 is 8.45. The number of nitrogens with zero attached hydrogens (tertiary/aromatic N) is 3. The predicted molar refractivity (Wildman–Crippen MR) is 120 cm³/mol. The van der Waals surface area contributed by atoms with Crippen LogP contribution < -0.4 is 0 Å². The summed E-state index contributed by atoms with van der Waals surface area (Å²) in [6, 6.07) is 5.18. The number of pyridine rings is 2. The molecule has 0 saturated carbocycles. The van der Waals surface area contributed by atoms with Crippen molar-refractivity contribution in [3.05, 3.63) is 59.3 Å². The Kier molecular flexibility index (Phi) is 5.99. The highest BCUT2D eigenvalue weighted by Gasteiger charge is 2.30. The van der Waals surface area contributed by atoms with Crippen LogP contribution in [0, 0.1) is 0 Å². The molecule has 7 heteroatoms. The first-order chi connectivity index (χ1) is 13.5. The fraction of sp³-hybridized carbons (Fsp3) is 0.409. The van der Waals surface area contributed by atoms with E-state index in [1.165, 1.54) is 0 Å². The first kappa shape index (κ1) is 21.7. The molecule has 1 atom stereocenters. The van der Waals surface area contributed by atoms with Gasteiger partial charge < -0.3 is 8.99 Å². The van der Waals surface area contributed by atoms with E-state index >= 15 is 0 Å². The maximum Gasteiger partial charge on any atom is 0.213 e. The molecule has 0 N–H and O–H groups in total. The largest absolute Gasteiger partial charge is 0.417 e. The third-order valence-corrected chi connectivity index (χ3v) is 8.70. The quantitative estimate of drug-likeness (QED) is 0.398. The van der Waals surface area contributed by atoms with E-state index in [0.717, 1.165) is 10.9 Å². The number of carbonyl (C=O) groups is 1. The molecule has 5 nitrogen and oxygen atoms in total. The summed E-state index contributed by atoms with van der Waals surface area (Å²) in [5.41, 5.74) is 1.51. The van der Waals surface area contributed by atoms with Crippen LogP contribution in [-0.2, 0) is 9.96 Å². The second kappa shape index (κ2) is 8.01. The van der Waals surface area contributed by atoms with Crippen molar-refractivity contribution < 1.29 is 9.22 Å². The summed E-state index contributed by atoms with van der Waals surface area (Å²) in [4.78, 5) is 21.6. The van der Waals surface area contributed by atoms with Crippen molar-refractivity contribution in [1.29, 1.82) is 0 Å². The minimum atomic E-state index is -1.36. The average molecular weight is 430 g/mol. The van der Waals surface area contributed by atoms with Gasteiger partial charge in [0.1, 0.15) is 5.69 Å². The minimum absolute atomic E-state index is 0.168. The van der Waals surface area contributed by atoms with Gasteiger partial charge in [-0.25, -0.2) is 0 Å². The molecule has 29 heavy (non-hydrogen) atoms. The number of rotatable bonds is 6. The molecule has 1 unspecified atom stereocenters. The van der Waals surface area contributed by atoms with Gasteiger partial charge >= 0.3 is 0 Å². The second-order valence-corrected chi connectivity index (χ2v) is 12.9. The average Bonchev–Trinajstić information content (AvgIpc) is 3.05. The Hall–Kier alpha value is -2.02. The van der Waals surface area contributed by atoms with Gasteiger partial charge in [-0.05, 0) is 43.6 Å². The Morgan fingerprint density at radius 1 is 1.21 bits per heavy atom. The van der Waals surface area contributed by atoms with Crippen LogP contribution in [0.4, 0.5) is 0 Å². The summed E-state index contributed by atoms with van der Waals surface area (Å²) >= 11 is 6.06. The molecule has 0 bridgehead atoms. The Labute approximate surface area is 178 Å². The lowest BCUT2D eigenvalue weighted by molar-refractivity contribution is 0.103. The number of ketones is 1. The van der Waals surface area contributed by atoms with Crippen molar-refractivity contribution in [3.8, 4) is 0 Å². The summed E-state index contributed by atoms with van der Waals surface area (Å²) in [5.74, 6) is -0.168. The van der Waals surface area contributed by atoms with Crippen molar-refractivity contribution in [2.75, 3.05) is 6.61 Å². The van der Waals surface area contributed by atoms with Crippen molar-refractivity contribution >= 4 is 37.3 Å². The molecule has 0 radical (unpaired) electrons. The molecular weight excluding hydrogens is 402 g/mol. The highest BCUT2D eigenvalue weighted by atomic mass is 35.5. The number of hydrogen-bond acceptors (Lipinski definition) is 4. The monoisotopic (exact) mass is 429 g/mol. The molecule has 0 saturated heterocycles. The molecule has 0 aromatic carbocycles. The summed E-state index contributed by atoms with van der Waals surface area (Å²) in [6.07, 6.45) is 6.91. The smallest absolute Gasteiger partial charge is 0.213 e. The Bertz CT molecular complexity index is 1040. The fourth-order valence-electron chi connectivity index (χ4n) is 3.07. The third-order valence-electron chi connectivity index (χ3n) is 5.36. The maximum absolute atomic E-state index is 13.2. The molecule has 154 valence electrons. The van der Waals surface area contributed by atoms with Gasteiger partial charge in [0.15, 0.2) is 9.04 Å². The van der Waals surface area contributed by atoms with E-state index in [-0.39, 0.29) is 16.4 Å². The number of fused-ring (bicyclic) bond motifs is 1. The molecule has 0 aliphatic carbocycles. The summed E-state index contributed by atoms with van der Waals surface area (Å²) in [7, 11) is -1.36. The van der Waals surface area contributed by atoms with Crippen molar-refractivity contribution in [1.82, 2.24) is 14.5 Å². The van der Waals surface area contributed by atoms with E-state index in [9.17, 15) is 4.79 Å². The van der Waals surface area contributed by atoms with E-state index in [1.54, 1.807) is 30.7 Å². The van der Waals surface area contributed by atoms with Crippen LogP contribution in [0.25, 0.3) is 10.9 Å². The van der Waals surface area contributed by atoms with Gasteiger partial charge in [0, 0.05) is 35.2 Å². The highest BCUT2D eigenvalue weighted by molar-refractivity contribution is 6.53. The summed E-state index contributed by atoms with van der Waals surface area (Å²) in [6.45, 7) is 13.7. The van der Waals surface area contributed by atoms with Crippen LogP contribution >= 0.6 is 11.6 Å². The molecule has 0 aliphatic heterocycles. The van der Waals surface area contributed by atoms with Crippen LogP contribution in [0.2, 0.25) is 16.6 Å². The minimum Gasteiger partial charge on any atom is -0.417 e. The standard InChI is InChI=1S/C22H28ClN3O2Si/c1-21(2,3)29(6)28-14-22(4,5)26-13-17(16-12-24-9-8-19(16)26)20(27)18-11-15(23)7-10-25-18/h7-13,29H,14H2,1-6H3. The topological polar surface area (TPSA) is 57.0 Å². The van der Waals surface area contributed by atoms with Crippen molar-refractivity contribution in [2.24, 2.45) is 0 Å². The lowest BCUT2D eigenvalue weighted by Crippen LogP contribution is -2.36. The Morgan fingerprint density at radius 3 is 2.59 bits per heavy atom. The SMILES string of the molecule is C[SiH](OCC(C)(C)n1cc(C(=O)c2cc(Cl)ccn2)c2cnccc21)C(C)(C)C. The van der Waals surface area contributed by atoms with Gasteiger partial charge in [-0.2, -0.15) is 0 Å². The van der Waals surface area contributed by atoms with Gasteiger partial charge in [-0.15, -0.1) is 0 Å². The van der Waals surface area contributed by atoms with Crippen LogP contribution in [0.1, 0.15) is 50.7 Å². The molecule has 3 aromatic rings. The van der Waals surface area contributed by atoms with E-state index in [4.69, 9.17) is 16.0 Å². The zero-order valence-corrected chi connectivity index (χ0v) is 19.8. The van der Waals surface area contributed by atoms with Gasteiger partial charge in [0.2, 0.25) is 5.78 Å². The van der Waals surface area contributed by atoms with Gasteiger partial charge in [0.25, 0.3) is 0 Å². The molecule has 0 fully saturated rings. The number of halogens is 1. The zero-order chi connectivity index (χ0) is 21.4. The predicted octanol–water partition coefficient (Wildman–Crippen LogP) is 5.22. The van der Waals surface area contributed by atoms with Gasteiger partial charge in [0.05, 0.1) is 23.2 Å². The van der Waals surface area contributed by atoms with E-state index in [0.29, 0.717) is 22.9 Å². The van der Waals surface area contributed by atoms with Crippen LogP contribution in [0.3, 0.4) is 0 Å². The summed E-state index contributed by atoms with van der Waals surface area (Å²) in [5, 5.41) is 1.48. The molecular formula is C22H28ClN3O2Si. The molecule has 3 heterocycles. The van der Waals surface area contributed by atoms with Crippen LogP contribution in [0.15, 0.2) is 43.0 Å². The molecule has 0 amide bonds. The lowest BCUT2D eigenvalue weighted by atomic mass is 10.1. The second-order valence-electron chi connectivity index (χ2n) is 9.13. The van der Waals surface area contributed by atoms with Crippen LogP contribution in [0.5, 0.6) is 0 Å². The Morgan fingerprint density at radius 2 is 1.93 bits per heavy atom.